The molecule has 2 aliphatic carbocycles. The highest BCUT2D eigenvalue weighted by molar-refractivity contribution is 5.98. The zero-order chi connectivity index (χ0) is 26.4. The zero-order valence-electron chi connectivity index (χ0n) is 20.9. The van der Waals surface area contributed by atoms with Crippen molar-refractivity contribution in [2.24, 2.45) is 10.9 Å². The quantitative estimate of drug-likeness (QED) is 0.345. The van der Waals surface area contributed by atoms with Gasteiger partial charge >= 0.3 is 12.6 Å². The van der Waals surface area contributed by atoms with E-state index in [4.69, 9.17) is 0 Å². The number of halogens is 2. The van der Waals surface area contributed by atoms with Crippen molar-refractivity contribution in [1.29, 1.82) is 0 Å². The average molecular weight is 524 g/mol. The third-order valence-corrected chi connectivity index (χ3v) is 6.73. The molecule has 0 unspecified atom stereocenters. The molecule has 204 valence electrons. The summed E-state index contributed by atoms with van der Waals surface area (Å²) < 4.78 is 29.0. The zero-order valence-corrected chi connectivity index (χ0v) is 20.9. The molecule has 0 aromatic carbocycles. The van der Waals surface area contributed by atoms with E-state index in [0.717, 1.165) is 25.7 Å². The molecule has 0 spiro atoms. The third kappa shape index (κ3) is 8.29. The van der Waals surface area contributed by atoms with E-state index in [1.807, 2.05) is 0 Å². The predicted molar refractivity (Wildman–Crippen MR) is 132 cm³/mol. The number of carbonyl (C=O) groups is 2. The maximum absolute atomic E-state index is 13.1. The maximum Gasteiger partial charge on any atom is 0.345 e. The smallest absolute Gasteiger partial charge is 0.345 e. The van der Waals surface area contributed by atoms with Gasteiger partial charge in [0.1, 0.15) is 5.56 Å². The second-order valence-electron chi connectivity index (χ2n) is 10.0. The molecule has 2 saturated carbocycles. The highest BCUT2D eigenvalue weighted by Crippen LogP contribution is 2.25. The fourth-order valence-corrected chi connectivity index (χ4v) is 4.43. The summed E-state index contributed by atoms with van der Waals surface area (Å²) in [6.07, 6.45) is 8.40. The van der Waals surface area contributed by atoms with E-state index < -0.39 is 18.6 Å². The number of aliphatic imine (C=N–C) groups is 1. The Balaban J connectivity index is 1.42. The van der Waals surface area contributed by atoms with Crippen molar-refractivity contribution < 1.29 is 28.2 Å². The summed E-state index contributed by atoms with van der Waals surface area (Å²) in [6.45, 7) is -0.515. The molecule has 0 bridgehead atoms. The number of rotatable bonds is 10. The molecular formula is C24H35F2N7O4. The number of hydrogen-bond donors (Lipinski definition) is 4. The number of carbonyl (C=O) groups excluding carboxylic acids is 2. The fraction of sp³-hybridized carbons (Fsp3) is 0.708. The highest BCUT2D eigenvalue weighted by atomic mass is 19.3. The van der Waals surface area contributed by atoms with Crippen LogP contribution in [0.3, 0.4) is 0 Å². The summed E-state index contributed by atoms with van der Waals surface area (Å²) in [7, 11) is 0. The number of aliphatic hydroxyl groups is 1. The lowest BCUT2D eigenvalue weighted by Gasteiger charge is -2.22. The first-order valence-electron chi connectivity index (χ1n) is 12.9. The molecule has 13 heteroatoms. The van der Waals surface area contributed by atoms with E-state index in [-0.39, 0.29) is 54.1 Å². The molecule has 1 saturated heterocycles. The van der Waals surface area contributed by atoms with Crippen LogP contribution in [0.25, 0.3) is 0 Å². The minimum atomic E-state index is -2.88. The Morgan fingerprint density at radius 2 is 1.95 bits per heavy atom. The lowest BCUT2D eigenvalue weighted by molar-refractivity contribution is -0.130. The van der Waals surface area contributed by atoms with Gasteiger partial charge in [-0.05, 0) is 57.8 Å². The Morgan fingerprint density at radius 1 is 1.19 bits per heavy atom. The van der Waals surface area contributed by atoms with Crippen LogP contribution in [-0.2, 0) is 4.74 Å². The van der Waals surface area contributed by atoms with Gasteiger partial charge < -0.3 is 30.7 Å². The largest absolute Gasteiger partial charge is 0.393 e. The molecule has 3 amide bonds. The van der Waals surface area contributed by atoms with Crippen molar-refractivity contribution in [3.8, 4) is 0 Å². The summed E-state index contributed by atoms with van der Waals surface area (Å²) in [6, 6.07) is -0.552. The second-order valence-corrected chi connectivity index (χ2v) is 10.0. The first kappa shape index (κ1) is 27.1. The number of likely N-dealkylation sites (tertiary alicyclic amines) is 1. The average Bonchev–Trinajstić information content (AvgIpc) is 3.56. The predicted octanol–water partition coefficient (Wildman–Crippen LogP) is 2.45. The number of aliphatic hydroxyl groups excluding tert-OH is 1. The molecule has 2 atom stereocenters. The van der Waals surface area contributed by atoms with E-state index >= 15 is 0 Å². The number of amides is 3. The number of nitrogens with zero attached hydrogens (tertiary/aromatic N) is 4. The van der Waals surface area contributed by atoms with E-state index in [0.29, 0.717) is 32.4 Å². The lowest BCUT2D eigenvalue weighted by Crippen LogP contribution is -2.42. The van der Waals surface area contributed by atoms with Gasteiger partial charge in [0, 0.05) is 43.6 Å². The molecule has 0 radical (unpaired) electrons. The van der Waals surface area contributed by atoms with Gasteiger partial charge in [-0.1, -0.05) is 0 Å². The number of ether oxygens (including phenoxy) is 1. The number of alkyl halides is 2. The van der Waals surface area contributed by atoms with Crippen LogP contribution >= 0.6 is 0 Å². The standard InChI is InChI=1S/C24H35F2N7O4/c1-14(13-37-22(25)26)29-23-28-11-19(20(32-23)27-10-15-2-6-18(34)7-3-15)21(35)30-17-8-9-33(12-17)24(36)31-16-4-5-16/h10-11,14-18,22,34H,2-9,12-13H2,1H3,(H,30,35)(H,31,36)(H,28,29,32)/t14-,15?,17-,18?/m0/s1. The minimum absolute atomic E-state index is 0.106. The number of anilines is 1. The Labute approximate surface area is 214 Å². The normalized spacial score (nSPS) is 24.9. The molecule has 2 heterocycles. The van der Waals surface area contributed by atoms with Crippen molar-refractivity contribution in [2.45, 2.75) is 82.7 Å². The molecule has 4 N–H and O–H groups in total. The first-order chi connectivity index (χ1) is 17.8. The van der Waals surface area contributed by atoms with Gasteiger partial charge in [-0.3, -0.25) is 4.79 Å². The van der Waals surface area contributed by atoms with Gasteiger partial charge in [0.05, 0.1) is 12.7 Å². The summed E-state index contributed by atoms with van der Waals surface area (Å²) in [5.41, 5.74) is 0.176. The molecule has 4 rings (SSSR count). The van der Waals surface area contributed by atoms with Crippen LogP contribution in [0.1, 0.15) is 62.2 Å². The maximum atomic E-state index is 13.1. The van der Waals surface area contributed by atoms with Crippen molar-refractivity contribution >= 4 is 29.9 Å². The molecule has 1 aromatic heterocycles. The highest BCUT2D eigenvalue weighted by Gasteiger charge is 2.31. The molecule has 1 aliphatic heterocycles. The summed E-state index contributed by atoms with van der Waals surface area (Å²) >= 11 is 0. The molecule has 37 heavy (non-hydrogen) atoms. The van der Waals surface area contributed by atoms with Crippen LogP contribution in [-0.4, -0.2) is 88.7 Å². The van der Waals surface area contributed by atoms with E-state index in [1.165, 1.54) is 6.20 Å². The Hall–Kier alpha value is -2.93. The van der Waals surface area contributed by atoms with Gasteiger partial charge in [0.25, 0.3) is 5.91 Å². The molecule has 3 fully saturated rings. The molecule has 11 nitrogen and oxygen atoms in total. The van der Waals surface area contributed by atoms with Crippen molar-refractivity contribution in [2.75, 3.05) is 25.0 Å². The van der Waals surface area contributed by atoms with Gasteiger partial charge in [-0.25, -0.2) is 14.8 Å². The van der Waals surface area contributed by atoms with Crippen molar-refractivity contribution in [3.05, 3.63) is 11.8 Å². The molecule has 3 aliphatic rings. The Morgan fingerprint density at radius 3 is 2.65 bits per heavy atom. The van der Waals surface area contributed by atoms with Gasteiger partial charge in [0.15, 0.2) is 5.82 Å². The lowest BCUT2D eigenvalue weighted by atomic mass is 9.88. The summed E-state index contributed by atoms with van der Waals surface area (Å²) in [4.78, 5) is 40.2. The van der Waals surface area contributed by atoms with E-state index in [1.54, 1.807) is 18.0 Å². The van der Waals surface area contributed by atoms with Gasteiger partial charge in [0.2, 0.25) is 5.95 Å². The first-order valence-corrected chi connectivity index (χ1v) is 12.9. The van der Waals surface area contributed by atoms with Crippen molar-refractivity contribution in [1.82, 2.24) is 25.5 Å². The Kier molecular flexibility index (Phi) is 9.19. The van der Waals surface area contributed by atoms with Gasteiger partial charge in [-0.2, -0.15) is 13.8 Å². The van der Waals surface area contributed by atoms with Crippen LogP contribution in [0.4, 0.5) is 25.3 Å². The topological polar surface area (TPSA) is 141 Å². The van der Waals surface area contributed by atoms with Gasteiger partial charge in [-0.15, -0.1) is 0 Å². The van der Waals surface area contributed by atoms with Crippen molar-refractivity contribution in [3.63, 3.8) is 0 Å². The van der Waals surface area contributed by atoms with Crippen LogP contribution in [0.15, 0.2) is 11.2 Å². The molecular weight excluding hydrogens is 488 g/mol. The third-order valence-electron chi connectivity index (χ3n) is 6.73. The number of aromatic nitrogens is 2. The van der Waals surface area contributed by atoms with Crippen LogP contribution in [0.5, 0.6) is 0 Å². The fourth-order valence-electron chi connectivity index (χ4n) is 4.43. The summed E-state index contributed by atoms with van der Waals surface area (Å²) in [5, 5.41) is 18.6. The monoisotopic (exact) mass is 523 g/mol. The SMILES string of the molecule is C[C@@H](COC(F)F)Nc1ncc(C(=O)N[C@H]2CCN(C(=O)NC3CC3)C2)c(N=CC2CCC(O)CC2)n1. The van der Waals surface area contributed by atoms with Crippen LogP contribution < -0.4 is 16.0 Å². The number of urea groups is 1. The number of hydrogen-bond acceptors (Lipinski definition) is 8. The minimum Gasteiger partial charge on any atom is -0.393 e. The van der Waals surface area contributed by atoms with Crippen LogP contribution in [0, 0.1) is 5.92 Å². The summed E-state index contributed by atoms with van der Waals surface area (Å²) in [5.74, 6) is 0.0417. The van der Waals surface area contributed by atoms with E-state index in [2.05, 4.69) is 35.6 Å². The Bertz CT molecular complexity index is 970. The van der Waals surface area contributed by atoms with E-state index in [9.17, 15) is 23.5 Å². The second kappa shape index (κ2) is 12.5. The van der Waals surface area contributed by atoms with Crippen LogP contribution in [0.2, 0.25) is 0 Å². The molecule has 1 aromatic rings. The number of nitrogens with one attached hydrogen (secondary N) is 3.